The third kappa shape index (κ3) is 2.50. The molecule has 2 aromatic rings. The lowest BCUT2D eigenvalue weighted by molar-refractivity contribution is -0.138. The summed E-state index contributed by atoms with van der Waals surface area (Å²) < 4.78 is 5.70. The molecule has 0 saturated heterocycles. The number of carbonyl (C=O) groups is 2. The fourth-order valence-corrected chi connectivity index (χ4v) is 2.58. The highest BCUT2D eigenvalue weighted by Gasteiger charge is 2.36. The van der Waals surface area contributed by atoms with E-state index in [0.29, 0.717) is 11.4 Å². The number of fused-ring (bicyclic) bond motifs is 2. The Hall–Kier alpha value is -2.96. The number of carbonyl (C=O) groups excluding carboxylic acids is 1. The molecule has 0 radical (unpaired) electrons. The highest BCUT2D eigenvalue weighted by Crippen LogP contribution is 2.39. The van der Waals surface area contributed by atoms with Crippen molar-refractivity contribution in [2.24, 2.45) is 0 Å². The molecule has 1 unspecified atom stereocenters. The fraction of sp³-hybridized carbons (Fsp3) is 0.250. The van der Waals surface area contributed by atoms with Gasteiger partial charge in [-0.2, -0.15) is 5.10 Å². The zero-order chi connectivity index (χ0) is 16.6. The van der Waals surface area contributed by atoms with Gasteiger partial charge in [0.05, 0.1) is 11.9 Å². The van der Waals surface area contributed by atoms with E-state index in [4.69, 9.17) is 4.74 Å². The summed E-state index contributed by atoms with van der Waals surface area (Å²) in [4.78, 5) is 25.8. The third-order valence-corrected chi connectivity index (χ3v) is 3.70. The van der Waals surface area contributed by atoms with Crippen LogP contribution in [0.2, 0.25) is 0 Å². The fourth-order valence-electron chi connectivity index (χ4n) is 2.58. The van der Waals surface area contributed by atoms with Crippen LogP contribution in [-0.4, -0.2) is 33.2 Å². The quantitative estimate of drug-likeness (QED) is 0.935. The summed E-state index contributed by atoms with van der Waals surface area (Å²) in [7, 11) is 0. The Labute approximate surface area is 132 Å². The van der Waals surface area contributed by atoms with E-state index in [1.807, 2.05) is 13.0 Å². The number of aromatic nitrogens is 2. The van der Waals surface area contributed by atoms with Gasteiger partial charge in [-0.25, -0.2) is 4.79 Å². The molecule has 1 aromatic heterocycles. The van der Waals surface area contributed by atoms with E-state index in [1.54, 1.807) is 19.1 Å². The molecule has 0 spiro atoms. The first-order valence-electron chi connectivity index (χ1n) is 7.19. The molecule has 1 atom stereocenters. The van der Waals surface area contributed by atoms with Crippen LogP contribution >= 0.6 is 0 Å². The largest absolute Gasteiger partial charge is 0.480 e. The number of hydrogen-bond acceptors (Lipinski definition) is 5. The molecule has 2 heterocycles. The van der Waals surface area contributed by atoms with Crippen molar-refractivity contribution >= 4 is 17.6 Å². The Morgan fingerprint density at radius 2 is 2.17 bits per heavy atom. The average Bonchev–Trinajstić information content (AvgIpc) is 2.64. The molecule has 118 valence electrons. The average molecular weight is 313 g/mol. The number of carboxylic acid groups (broad SMARTS) is 1. The SMILES string of the molecule is CCC(C(=O)O)N1C(=O)c2ccnnc2Oc2ccc(C)cc21. The van der Waals surface area contributed by atoms with Crippen molar-refractivity contribution < 1.29 is 19.4 Å². The van der Waals surface area contributed by atoms with Crippen molar-refractivity contribution in [2.45, 2.75) is 26.3 Å². The van der Waals surface area contributed by atoms with Gasteiger partial charge in [-0.1, -0.05) is 13.0 Å². The Bertz CT molecular complexity index is 791. The number of benzene rings is 1. The standard InChI is InChI=1S/C16H15N3O4/c1-3-11(16(21)22)19-12-8-9(2)4-5-13(12)23-14-10(15(19)20)6-7-17-18-14/h4-8,11H,3H2,1-2H3,(H,21,22). The summed E-state index contributed by atoms with van der Waals surface area (Å²) in [5.74, 6) is -1.08. The van der Waals surface area contributed by atoms with Crippen molar-refractivity contribution in [3.05, 3.63) is 41.6 Å². The zero-order valence-corrected chi connectivity index (χ0v) is 12.7. The first kappa shape index (κ1) is 15.0. The summed E-state index contributed by atoms with van der Waals surface area (Å²) in [5.41, 5.74) is 1.50. The highest BCUT2D eigenvalue weighted by molar-refractivity contribution is 6.12. The summed E-state index contributed by atoms with van der Waals surface area (Å²) in [6.45, 7) is 3.58. The van der Waals surface area contributed by atoms with E-state index in [-0.39, 0.29) is 17.9 Å². The lowest BCUT2D eigenvalue weighted by atomic mass is 10.1. The number of ether oxygens (including phenoxy) is 1. The van der Waals surface area contributed by atoms with Crippen LogP contribution < -0.4 is 9.64 Å². The van der Waals surface area contributed by atoms with Gasteiger partial charge in [-0.05, 0) is 37.1 Å². The second-order valence-electron chi connectivity index (χ2n) is 5.26. The monoisotopic (exact) mass is 313 g/mol. The normalized spacial score (nSPS) is 14.3. The molecule has 0 bridgehead atoms. The number of aryl methyl sites for hydroxylation is 1. The Morgan fingerprint density at radius 1 is 1.39 bits per heavy atom. The molecule has 0 aliphatic carbocycles. The van der Waals surface area contributed by atoms with E-state index in [9.17, 15) is 14.7 Å². The molecule has 7 nitrogen and oxygen atoms in total. The Balaban J connectivity index is 2.26. The molecule has 1 N–H and O–H groups in total. The lowest BCUT2D eigenvalue weighted by Crippen LogP contribution is -2.44. The minimum Gasteiger partial charge on any atom is -0.480 e. The van der Waals surface area contributed by atoms with Crippen LogP contribution in [0, 0.1) is 6.92 Å². The zero-order valence-electron chi connectivity index (χ0n) is 12.7. The summed E-state index contributed by atoms with van der Waals surface area (Å²) in [6.07, 6.45) is 1.64. The van der Waals surface area contributed by atoms with Crippen molar-refractivity contribution in [2.75, 3.05) is 4.90 Å². The minimum absolute atomic E-state index is 0.0744. The molecule has 0 saturated carbocycles. The van der Waals surface area contributed by atoms with Crippen LogP contribution in [0.3, 0.4) is 0 Å². The van der Waals surface area contributed by atoms with Gasteiger partial charge in [-0.3, -0.25) is 9.69 Å². The third-order valence-electron chi connectivity index (χ3n) is 3.70. The van der Waals surface area contributed by atoms with E-state index in [2.05, 4.69) is 10.2 Å². The van der Waals surface area contributed by atoms with E-state index in [0.717, 1.165) is 5.56 Å². The van der Waals surface area contributed by atoms with Crippen molar-refractivity contribution in [3.8, 4) is 11.6 Å². The van der Waals surface area contributed by atoms with Crippen LogP contribution in [0.25, 0.3) is 0 Å². The lowest BCUT2D eigenvalue weighted by Gasteiger charge is -2.27. The predicted molar refractivity (Wildman–Crippen MR) is 81.8 cm³/mol. The van der Waals surface area contributed by atoms with Gasteiger partial charge in [0.15, 0.2) is 5.75 Å². The van der Waals surface area contributed by atoms with E-state index < -0.39 is 17.9 Å². The van der Waals surface area contributed by atoms with E-state index in [1.165, 1.54) is 17.2 Å². The molecule has 3 rings (SSSR count). The van der Waals surface area contributed by atoms with Gasteiger partial charge in [0.25, 0.3) is 11.8 Å². The highest BCUT2D eigenvalue weighted by atomic mass is 16.5. The number of carboxylic acids is 1. The number of hydrogen-bond donors (Lipinski definition) is 1. The predicted octanol–water partition coefficient (Wildman–Crippen LogP) is 2.40. The molecule has 7 heteroatoms. The summed E-state index contributed by atoms with van der Waals surface area (Å²) in [5, 5.41) is 17.1. The topological polar surface area (TPSA) is 92.6 Å². The molecule has 0 fully saturated rings. The van der Waals surface area contributed by atoms with Gasteiger partial charge in [0.2, 0.25) is 0 Å². The number of nitrogens with zero attached hydrogens (tertiary/aromatic N) is 3. The molecule has 1 aliphatic heterocycles. The Kier molecular flexibility index (Phi) is 3.69. The summed E-state index contributed by atoms with van der Waals surface area (Å²) >= 11 is 0. The number of amides is 1. The smallest absolute Gasteiger partial charge is 0.326 e. The molecular weight excluding hydrogens is 298 g/mol. The first-order valence-corrected chi connectivity index (χ1v) is 7.19. The van der Waals surface area contributed by atoms with Crippen LogP contribution in [0.5, 0.6) is 11.6 Å². The molecule has 23 heavy (non-hydrogen) atoms. The van der Waals surface area contributed by atoms with Gasteiger partial charge >= 0.3 is 5.97 Å². The Morgan fingerprint density at radius 3 is 2.87 bits per heavy atom. The van der Waals surface area contributed by atoms with Gasteiger partial charge in [0.1, 0.15) is 11.6 Å². The molecule has 1 amide bonds. The van der Waals surface area contributed by atoms with Crippen LogP contribution in [0.15, 0.2) is 30.5 Å². The van der Waals surface area contributed by atoms with Crippen LogP contribution in [0.4, 0.5) is 5.69 Å². The maximum atomic E-state index is 12.9. The van der Waals surface area contributed by atoms with Crippen molar-refractivity contribution in [1.82, 2.24) is 10.2 Å². The second kappa shape index (κ2) is 5.68. The number of anilines is 1. The van der Waals surface area contributed by atoms with Gasteiger partial charge in [-0.15, -0.1) is 5.10 Å². The second-order valence-corrected chi connectivity index (χ2v) is 5.26. The minimum atomic E-state index is -1.07. The number of aliphatic carboxylic acids is 1. The van der Waals surface area contributed by atoms with Crippen molar-refractivity contribution in [3.63, 3.8) is 0 Å². The molecular formula is C16H15N3O4. The molecule has 1 aromatic carbocycles. The van der Waals surface area contributed by atoms with E-state index >= 15 is 0 Å². The van der Waals surface area contributed by atoms with Crippen LogP contribution in [0.1, 0.15) is 29.3 Å². The first-order chi connectivity index (χ1) is 11.0. The maximum Gasteiger partial charge on any atom is 0.326 e. The molecule has 1 aliphatic rings. The maximum absolute atomic E-state index is 12.9. The van der Waals surface area contributed by atoms with Crippen LogP contribution in [-0.2, 0) is 4.79 Å². The van der Waals surface area contributed by atoms with Gasteiger partial charge < -0.3 is 9.84 Å². The van der Waals surface area contributed by atoms with Gasteiger partial charge in [0, 0.05) is 0 Å². The van der Waals surface area contributed by atoms with Crippen molar-refractivity contribution in [1.29, 1.82) is 0 Å². The number of rotatable bonds is 3. The summed E-state index contributed by atoms with van der Waals surface area (Å²) in [6, 6.07) is 5.74.